The van der Waals surface area contributed by atoms with Gasteiger partial charge in [0.15, 0.2) is 0 Å². The van der Waals surface area contributed by atoms with Gasteiger partial charge in [0.2, 0.25) is 0 Å². The van der Waals surface area contributed by atoms with Gasteiger partial charge < -0.3 is 9.42 Å². The van der Waals surface area contributed by atoms with Crippen LogP contribution in [0.3, 0.4) is 0 Å². The Labute approximate surface area is 125 Å². The Hall–Kier alpha value is -2.10. The quantitative estimate of drug-likeness (QED) is 0.841. The first kappa shape index (κ1) is 15.3. The molecular formula is C17H22N2O2. The number of aryl methyl sites for hydroxylation is 2. The summed E-state index contributed by atoms with van der Waals surface area (Å²) in [7, 11) is 0. The minimum Gasteiger partial charge on any atom is -0.361 e. The van der Waals surface area contributed by atoms with Gasteiger partial charge in [-0.2, -0.15) is 0 Å². The molecule has 0 saturated heterocycles. The van der Waals surface area contributed by atoms with E-state index >= 15 is 0 Å². The van der Waals surface area contributed by atoms with Crippen LogP contribution < -0.4 is 0 Å². The van der Waals surface area contributed by atoms with Crippen LogP contribution in [0.2, 0.25) is 0 Å². The summed E-state index contributed by atoms with van der Waals surface area (Å²) in [6.07, 6.45) is 0.905. The molecule has 0 spiro atoms. The fraction of sp³-hybridized carbons (Fsp3) is 0.412. The zero-order chi connectivity index (χ0) is 15.4. The second-order valence-electron chi connectivity index (χ2n) is 5.38. The van der Waals surface area contributed by atoms with Crippen molar-refractivity contribution < 1.29 is 9.32 Å². The monoisotopic (exact) mass is 286 g/mol. The van der Waals surface area contributed by atoms with Crippen LogP contribution in [-0.4, -0.2) is 22.0 Å². The molecule has 0 saturated carbocycles. The van der Waals surface area contributed by atoms with Crippen LogP contribution in [0.25, 0.3) is 0 Å². The van der Waals surface area contributed by atoms with Gasteiger partial charge in [-0.25, -0.2) is 0 Å². The third kappa shape index (κ3) is 3.32. The maximum absolute atomic E-state index is 12.9. The van der Waals surface area contributed by atoms with E-state index in [-0.39, 0.29) is 11.9 Å². The molecule has 0 bridgehead atoms. The maximum atomic E-state index is 12.9. The Morgan fingerprint density at radius 2 is 1.95 bits per heavy atom. The van der Waals surface area contributed by atoms with Crippen LogP contribution in [0, 0.1) is 13.8 Å². The van der Waals surface area contributed by atoms with Crippen LogP contribution in [0.4, 0.5) is 0 Å². The third-order valence-corrected chi connectivity index (χ3v) is 3.83. The summed E-state index contributed by atoms with van der Waals surface area (Å²) in [6.45, 7) is 8.34. The lowest BCUT2D eigenvalue weighted by molar-refractivity contribution is 0.0669. The summed E-state index contributed by atoms with van der Waals surface area (Å²) >= 11 is 0. The van der Waals surface area contributed by atoms with Gasteiger partial charge in [-0.3, -0.25) is 4.79 Å². The molecule has 0 fully saturated rings. The highest BCUT2D eigenvalue weighted by Crippen LogP contribution is 2.19. The number of hydrogen-bond acceptors (Lipinski definition) is 3. The van der Waals surface area contributed by atoms with Crippen molar-refractivity contribution in [3.05, 3.63) is 52.9 Å². The topological polar surface area (TPSA) is 46.3 Å². The standard InChI is InChI=1S/C17H22N2O2/c1-5-12(2)19(11-15-9-7-6-8-10-15)17(20)16-13(3)18-21-14(16)4/h6-10,12H,5,11H2,1-4H3. The van der Waals surface area contributed by atoms with Crippen molar-refractivity contribution in [2.75, 3.05) is 0 Å². The van der Waals surface area contributed by atoms with E-state index in [0.29, 0.717) is 23.6 Å². The van der Waals surface area contributed by atoms with Crippen LogP contribution in [0.5, 0.6) is 0 Å². The van der Waals surface area contributed by atoms with Crippen molar-refractivity contribution in [1.82, 2.24) is 10.1 Å². The molecule has 1 aromatic heterocycles. The Balaban J connectivity index is 2.30. The molecule has 1 aromatic carbocycles. The fourth-order valence-electron chi connectivity index (χ4n) is 2.36. The molecule has 4 nitrogen and oxygen atoms in total. The van der Waals surface area contributed by atoms with E-state index in [4.69, 9.17) is 4.52 Å². The lowest BCUT2D eigenvalue weighted by Crippen LogP contribution is -2.38. The molecular weight excluding hydrogens is 264 g/mol. The highest BCUT2D eigenvalue weighted by molar-refractivity contribution is 5.96. The van der Waals surface area contributed by atoms with E-state index in [2.05, 4.69) is 19.0 Å². The van der Waals surface area contributed by atoms with E-state index in [1.165, 1.54) is 0 Å². The SMILES string of the molecule is CCC(C)N(Cc1ccccc1)C(=O)c1c(C)noc1C. The van der Waals surface area contributed by atoms with Crippen LogP contribution in [-0.2, 0) is 6.54 Å². The van der Waals surface area contributed by atoms with E-state index in [0.717, 1.165) is 12.0 Å². The summed E-state index contributed by atoms with van der Waals surface area (Å²) in [5.41, 5.74) is 2.36. The van der Waals surface area contributed by atoms with Crippen LogP contribution >= 0.6 is 0 Å². The first-order chi connectivity index (χ1) is 10.0. The lowest BCUT2D eigenvalue weighted by Gasteiger charge is -2.28. The van der Waals surface area contributed by atoms with E-state index < -0.39 is 0 Å². The molecule has 4 heteroatoms. The Morgan fingerprint density at radius 1 is 1.29 bits per heavy atom. The molecule has 0 N–H and O–H groups in total. The maximum Gasteiger partial charge on any atom is 0.259 e. The van der Waals surface area contributed by atoms with Gasteiger partial charge in [-0.15, -0.1) is 0 Å². The first-order valence-electron chi connectivity index (χ1n) is 7.32. The van der Waals surface area contributed by atoms with E-state index in [1.54, 1.807) is 13.8 Å². The number of hydrogen-bond donors (Lipinski definition) is 0. The first-order valence-corrected chi connectivity index (χ1v) is 7.32. The summed E-state index contributed by atoms with van der Waals surface area (Å²) in [6, 6.07) is 10.2. The second-order valence-corrected chi connectivity index (χ2v) is 5.38. The number of benzene rings is 1. The number of rotatable bonds is 5. The predicted octanol–water partition coefficient (Wildman–Crippen LogP) is 3.73. The molecule has 0 aliphatic carbocycles. The molecule has 1 heterocycles. The largest absolute Gasteiger partial charge is 0.361 e. The molecule has 1 atom stereocenters. The average molecular weight is 286 g/mol. The number of amides is 1. The minimum absolute atomic E-state index is 0.00977. The average Bonchev–Trinajstić information content (AvgIpc) is 2.83. The smallest absolute Gasteiger partial charge is 0.259 e. The van der Waals surface area contributed by atoms with Gasteiger partial charge in [0.1, 0.15) is 11.3 Å². The molecule has 2 rings (SSSR count). The van der Waals surface area contributed by atoms with Gasteiger partial charge in [-0.05, 0) is 32.8 Å². The second kappa shape index (κ2) is 6.57. The van der Waals surface area contributed by atoms with E-state index in [1.807, 2.05) is 35.2 Å². The van der Waals surface area contributed by atoms with Gasteiger partial charge in [0.05, 0.1) is 5.69 Å². The van der Waals surface area contributed by atoms with Crippen LogP contribution in [0.15, 0.2) is 34.9 Å². The van der Waals surface area contributed by atoms with Gasteiger partial charge in [0, 0.05) is 12.6 Å². The number of carbonyl (C=O) groups is 1. The lowest BCUT2D eigenvalue weighted by atomic mass is 10.1. The van der Waals surface area contributed by atoms with Gasteiger partial charge in [-0.1, -0.05) is 42.4 Å². The van der Waals surface area contributed by atoms with Crippen molar-refractivity contribution in [3.63, 3.8) is 0 Å². The number of carbonyl (C=O) groups excluding carboxylic acids is 1. The number of aromatic nitrogens is 1. The van der Waals surface area contributed by atoms with Gasteiger partial charge >= 0.3 is 0 Å². The molecule has 2 aromatic rings. The summed E-state index contributed by atoms with van der Waals surface area (Å²) in [4.78, 5) is 14.8. The zero-order valence-electron chi connectivity index (χ0n) is 13.1. The van der Waals surface area contributed by atoms with Crippen molar-refractivity contribution in [2.45, 2.75) is 46.7 Å². The normalized spacial score (nSPS) is 12.2. The highest BCUT2D eigenvalue weighted by Gasteiger charge is 2.26. The predicted molar refractivity (Wildman–Crippen MR) is 82.0 cm³/mol. The summed E-state index contributed by atoms with van der Waals surface area (Å²) in [5.74, 6) is 0.573. The Kier molecular flexibility index (Phi) is 4.78. The van der Waals surface area contributed by atoms with Crippen molar-refractivity contribution >= 4 is 5.91 Å². The van der Waals surface area contributed by atoms with Crippen LogP contribution in [0.1, 0.15) is 47.6 Å². The Bertz CT molecular complexity index is 585. The van der Waals surface area contributed by atoms with E-state index in [9.17, 15) is 4.79 Å². The molecule has 0 aliphatic heterocycles. The molecule has 1 unspecified atom stereocenters. The zero-order valence-corrected chi connectivity index (χ0v) is 13.1. The Morgan fingerprint density at radius 3 is 2.48 bits per heavy atom. The molecule has 21 heavy (non-hydrogen) atoms. The summed E-state index contributed by atoms with van der Waals surface area (Å²) in [5, 5.41) is 3.89. The number of nitrogens with zero attached hydrogens (tertiary/aromatic N) is 2. The molecule has 0 radical (unpaired) electrons. The van der Waals surface area contributed by atoms with Crippen molar-refractivity contribution in [1.29, 1.82) is 0 Å². The highest BCUT2D eigenvalue weighted by atomic mass is 16.5. The molecule has 0 aliphatic rings. The fourth-order valence-corrected chi connectivity index (χ4v) is 2.36. The minimum atomic E-state index is -0.00977. The molecule has 1 amide bonds. The molecule has 112 valence electrons. The summed E-state index contributed by atoms with van der Waals surface area (Å²) < 4.78 is 5.13. The third-order valence-electron chi connectivity index (χ3n) is 3.83. The van der Waals surface area contributed by atoms with Crippen molar-refractivity contribution in [2.24, 2.45) is 0 Å². The van der Waals surface area contributed by atoms with Gasteiger partial charge in [0.25, 0.3) is 5.91 Å². The van der Waals surface area contributed by atoms with Crippen molar-refractivity contribution in [3.8, 4) is 0 Å².